The third-order valence-corrected chi connectivity index (χ3v) is 5.30. The summed E-state index contributed by atoms with van der Waals surface area (Å²) in [6.07, 6.45) is 1.84. The van der Waals surface area contributed by atoms with Crippen molar-refractivity contribution in [1.82, 2.24) is 14.3 Å². The zero-order valence-corrected chi connectivity index (χ0v) is 16.0. The zero-order valence-electron chi connectivity index (χ0n) is 14.4. The molecule has 27 heavy (non-hydrogen) atoms. The first-order valence-corrected chi connectivity index (χ1v) is 9.49. The molecule has 0 unspecified atom stereocenters. The SMILES string of the molecule is CN(Cc1ccc(F)cc1)C(=O)c1csc2nc(-c3cccc(Cl)c3)cn12. The molecule has 4 aromatic rings. The second kappa shape index (κ2) is 7.13. The van der Waals surface area contributed by atoms with E-state index < -0.39 is 0 Å². The predicted molar refractivity (Wildman–Crippen MR) is 106 cm³/mol. The molecule has 1 amide bonds. The lowest BCUT2D eigenvalue weighted by Gasteiger charge is -2.16. The highest BCUT2D eigenvalue weighted by Gasteiger charge is 2.19. The minimum Gasteiger partial charge on any atom is -0.336 e. The standard InChI is InChI=1S/C20H15ClFN3OS/c1-24(10-13-5-7-16(22)8-6-13)19(26)18-12-27-20-23-17(11-25(18)20)14-3-2-4-15(21)9-14/h2-9,11-12H,10H2,1H3. The van der Waals surface area contributed by atoms with Crippen molar-refractivity contribution in [2.75, 3.05) is 7.05 Å². The summed E-state index contributed by atoms with van der Waals surface area (Å²) in [5.74, 6) is -0.417. The Morgan fingerprint density at radius 2 is 2.04 bits per heavy atom. The van der Waals surface area contributed by atoms with Gasteiger partial charge in [0.1, 0.15) is 11.5 Å². The van der Waals surface area contributed by atoms with Crippen LogP contribution in [0.3, 0.4) is 0 Å². The van der Waals surface area contributed by atoms with Crippen molar-refractivity contribution < 1.29 is 9.18 Å². The van der Waals surface area contributed by atoms with E-state index >= 15 is 0 Å². The van der Waals surface area contributed by atoms with Gasteiger partial charge in [0.15, 0.2) is 4.96 Å². The number of halogens is 2. The number of hydrogen-bond donors (Lipinski definition) is 0. The summed E-state index contributed by atoms with van der Waals surface area (Å²) in [6.45, 7) is 0.395. The van der Waals surface area contributed by atoms with E-state index in [2.05, 4.69) is 4.98 Å². The van der Waals surface area contributed by atoms with Crippen LogP contribution >= 0.6 is 22.9 Å². The number of fused-ring (bicyclic) bond motifs is 1. The molecule has 2 aromatic heterocycles. The van der Waals surface area contributed by atoms with Crippen LogP contribution in [0.4, 0.5) is 4.39 Å². The lowest BCUT2D eigenvalue weighted by Crippen LogP contribution is -2.27. The maximum absolute atomic E-state index is 13.0. The molecular formula is C20H15ClFN3OS. The highest BCUT2D eigenvalue weighted by molar-refractivity contribution is 7.15. The van der Waals surface area contributed by atoms with Crippen molar-refractivity contribution in [2.24, 2.45) is 0 Å². The van der Waals surface area contributed by atoms with Gasteiger partial charge in [-0.1, -0.05) is 35.9 Å². The highest BCUT2D eigenvalue weighted by Crippen LogP contribution is 2.26. The molecule has 0 saturated carbocycles. The molecular weight excluding hydrogens is 385 g/mol. The molecule has 0 saturated heterocycles. The Hall–Kier alpha value is -2.70. The van der Waals surface area contributed by atoms with Gasteiger partial charge in [-0.25, -0.2) is 9.37 Å². The summed E-state index contributed by atoms with van der Waals surface area (Å²) < 4.78 is 14.8. The first kappa shape index (κ1) is 17.7. The molecule has 0 fully saturated rings. The Kier molecular flexibility index (Phi) is 4.68. The van der Waals surface area contributed by atoms with Crippen molar-refractivity contribution in [2.45, 2.75) is 6.54 Å². The summed E-state index contributed by atoms with van der Waals surface area (Å²) in [6, 6.07) is 13.6. The van der Waals surface area contributed by atoms with E-state index in [0.717, 1.165) is 21.8 Å². The minimum atomic E-state index is -0.292. The van der Waals surface area contributed by atoms with Gasteiger partial charge >= 0.3 is 0 Å². The van der Waals surface area contributed by atoms with Crippen LogP contribution in [-0.4, -0.2) is 27.2 Å². The van der Waals surface area contributed by atoms with Crippen molar-refractivity contribution in [3.63, 3.8) is 0 Å². The number of hydrogen-bond acceptors (Lipinski definition) is 3. The van der Waals surface area contributed by atoms with Crippen LogP contribution < -0.4 is 0 Å². The van der Waals surface area contributed by atoms with E-state index in [1.54, 1.807) is 33.9 Å². The van der Waals surface area contributed by atoms with E-state index in [4.69, 9.17) is 11.6 Å². The van der Waals surface area contributed by atoms with E-state index in [0.29, 0.717) is 17.3 Å². The topological polar surface area (TPSA) is 37.6 Å². The van der Waals surface area contributed by atoms with Crippen LogP contribution in [0, 0.1) is 5.82 Å². The highest BCUT2D eigenvalue weighted by atomic mass is 35.5. The van der Waals surface area contributed by atoms with E-state index in [1.165, 1.54) is 23.5 Å². The first-order chi connectivity index (χ1) is 13.0. The smallest absolute Gasteiger partial charge is 0.271 e. The number of carbonyl (C=O) groups excluding carboxylic acids is 1. The molecule has 4 rings (SSSR count). The van der Waals surface area contributed by atoms with Crippen LogP contribution in [0.25, 0.3) is 16.2 Å². The minimum absolute atomic E-state index is 0.124. The molecule has 0 aliphatic rings. The van der Waals surface area contributed by atoms with Crippen LogP contribution in [0.15, 0.2) is 60.1 Å². The number of aromatic nitrogens is 2. The van der Waals surface area contributed by atoms with Gasteiger partial charge in [-0.15, -0.1) is 11.3 Å². The zero-order chi connectivity index (χ0) is 19.0. The molecule has 2 aromatic carbocycles. The van der Waals surface area contributed by atoms with E-state index in [1.807, 2.05) is 30.5 Å². The number of amides is 1. The molecule has 0 spiro atoms. The van der Waals surface area contributed by atoms with Crippen molar-refractivity contribution in [3.8, 4) is 11.3 Å². The molecule has 2 heterocycles. The van der Waals surface area contributed by atoms with Crippen LogP contribution in [0.1, 0.15) is 16.1 Å². The Morgan fingerprint density at radius 3 is 2.78 bits per heavy atom. The van der Waals surface area contributed by atoms with Gasteiger partial charge in [-0.3, -0.25) is 9.20 Å². The third-order valence-electron chi connectivity index (χ3n) is 4.23. The Bertz CT molecular complexity index is 1120. The van der Waals surface area contributed by atoms with Gasteiger partial charge < -0.3 is 4.90 Å². The van der Waals surface area contributed by atoms with Crippen LogP contribution in [-0.2, 0) is 6.54 Å². The number of thiazole rings is 1. The number of benzene rings is 2. The van der Waals surface area contributed by atoms with Gasteiger partial charge in [0, 0.05) is 35.8 Å². The summed E-state index contributed by atoms with van der Waals surface area (Å²) in [4.78, 5) is 19.8. The molecule has 136 valence electrons. The number of rotatable bonds is 4. The van der Waals surface area contributed by atoms with Gasteiger partial charge in [0.2, 0.25) is 0 Å². The second-order valence-electron chi connectivity index (χ2n) is 6.20. The average Bonchev–Trinajstić information content (AvgIpc) is 3.23. The summed E-state index contributed by atoms with van der Waals surface area (Å²) in [7, 11) is 1.73. The van der Waals surface area contributed by atoms with E-state index in [-0.39, 0.29) is 11.7 Å². The fraction of sp³-hybridized carbons (Fsp3) is 0.100. The van der Waals surface area contributed by atoms with Crippen molar-refractivity contribution in [3.05, 3.63) is 82.2 Å². The lowest BCUT2D eigenvalue weighted by atomic mass is 10.2. The number of nitrogens with zero attached hydrogens (tertiary/aromatic N) is 3. The maximum atomic E-state index is 13.0. The fourth-order valence-electron chi connectivity index (χ4n) is 2.86. The monoisotopic (exact) mass is 399 g/mol. The normalized spacial score (nSPS) is 11.1. The van der Waals surface area contributed by atoms with Crippen molar-refractivity contribution in [1.29, 1.82) is 0 Å². The van der Waals surface area contributed by atoms with Crippen LogP contribution in [0.5, 0.6) is 0 Å². The van der Waals surface area contributed by atoms with Crippen LogP contribution in [0.2, 0.25) is 5.02 Å². The molecule has 0 N–H and O–H groups in total. The Balaban J connectivity index is 1.61. The Morgan fingerprint density at radius 1 is 1.26 bits per heavy atom. The predicted octanol–water partition coefficient (Wildman–Crippen LogP) is 5.13. The second-order valence-corrected chi connectivity index (χ2v) is 7.47. The van der Waals surface area contributed by atoms with Gasteiger partial charge in [0.25, 0.3) is 5.91 Å². The summed E-state index contributed by atoms with van der Waals surface area (Å²) in [5.41, 5.74) is 3.07. The average molecular weight is 400 g/mol. The molecule has 0 aliphatic heterocycles. The van der Waals surface area contributed by atoms with Crippen molar-refractivity contribution >= 4 is 33.8 Å². The molecule has 0 aliphatic carbocycles. The number of carbonyl (C=O) groups is 1. The maximum Gasteiger partial charge on any atom is 0.271 e. The summed E-state index contributed by atoms with van der Waals surface area (Å²) >= 11 is 7.47. The molecule has 0 radical (unpaired) electrons. The largest absolute Gasteiger partial charge is 0.336 e. The molecule has 4 nitrogen and oxygen atoms in total. The third kappa shape index (κ3) is 3.59. The summed E-state index contributed by atoms with van der Waals surface area (Å²) in [5, 5.41) is 2.44. The fourth-order valence-corrected chi connectivity index (χ4v) is 3.89. The van der Waals surface area contributed by atoms with Gasteiger partial charge in [-0.05, 0) is 29.8 Å². The van der Waals surface area contributed by atoms with Gasteiger partial charge in [0.05, 0.1) is 5.69 Å². The Labute approximate surface area is 164 Å². The lowest BCUT2D eigenvalue weighted by molar-refractivity contribution is 0.0778. The molecule has 7 heteroatoms. The first-order valence-electron chi connectivity index (χ1n) is 8.24. The molecule has 0 atom stereocenters. The quantitative estimate of drug-likeness (QED) is 0.477. The van der Waals surface area contributed by atoms with Gasteiger partial charge in [-0.2, -0.15) is 0 Å². The van der Waals surface area contributed by atoms with E-state index in [9.17, 15) is 9.18 Å². The molecule has 0 bridgehead atoms. The number of imidazole rings is 1.